The molecule has 2 aliphatic carbocycles. The van der Waals surface area contributed by atoms with Gasteiger partial charge in [-0.3, -0.25) is 4.79 Å². The van der Waals surface area contributed by atoms with Crippen molar-refractivity contribution < 1.29 is 33.6 Å². The van der Waals surface area contributed by atoms with Crippen LogP contribution in [-0.4, -0.2) is 53.7 Å². The van der Waals surface area contributed by atoms with Gasteiger partial charge in [-0.25, -0.2) is 4.79 Å². The number of carboxylic acids is 1. The van der Waals surface area contributed by atoms with E-state index in [1.807, 2.05) is 24.3 Å². The molecule has 1 N–H and O–H groups in total. The van der Waals surface area contributed by atoms with Crippen LogP contribution >= 0.6 is 0 Å². The molecule has 1 spiro atoms. The summed E-state index contributed by atoms with van der Waals surface area (Å²) in [5.41, 5.74) is 2.54. The molecule has 0 radical (unpaired) electrons. The smallest absolute Gasteiger partial charge is 0.334 e. The van der Waals surface area contributed by atoms with Crippen molar-refractivity contribution in [3.63, 3.8) is 0 Å². The fourth-order valence-electron chi connectivity index (χ4n) is 8.06. The monoisotopic (exact) mass is 496 g/mol. The second-order valence-electron chi connectivity index (χ2n) is 12.1. The van der Waals surface area contributed by atoms with E-state index in [2.05, 4.69) is 27.7 Å². The van der Waals surface area contributed by atoms with Gasteiger partial charge in [0.05, 0.1) is 31.8 Å². The van der Waals surface area contributed by atoms with Crippen LogP contribution in [0.5, 0.6) is 0 Å². The number of carbonyl (C=O) groups excluding carboxylic acids is 1. The average molecular weight is 497 g/mol. The zero-order valence-corrected chi connectivity index (χ0v) is 21.5. The number of carboxylic acid groups (broad SMARTS) is 1. The van der Waals surface area contributed by atoms with Crippen LogP contribution in [0.15, 0.2) is 35.4 Å². The van der Waals surface area contributed by atoms with E-state index in [4.69, 9.17) is 24.1 Å². The predicted octanol–water partition coefficient (Wildman–Crippen LogP) is 4.07. The molecule has 0 amide bonds. The molecular weight excluding hydrogens is 460 g/mol. The van der Waals surface area contributed by atoms with E-state index in [0.717, 1.165) is 41.5 Å². The minimum Gasteiger partial charge on any atom is -0.481 e. The largest absolute Gasteiger partial charge is 0.481 e. The zero-order valence-electron chi connectivity index (χ0n) is 21.5. The van der Waals surface area contributed by atoms with Crippen LogP contribution in [0.3, 0.4) is 0 Å². The highest BCUT2D eigenvalue weighted by Gasteiger charge is 2.84. The number of epoxide rings is 1. The SMILES string of the molecule is CC(C)C1CC2OC23C2(C)CCC4=C(COC4=O)C2COC3(C)C1OCc1ccc(CC(=O)O)cc1. The van der Waals surface area contributed by atoms with Crippen LogP contribution in [0, 0.1) is 23.2 Å². The molecule has 5 aliphatic rings. The number of rotatable bonds is 6. The van der Waals surface area contributed by atoms with E-state index in [9.17, 15) is 9.59 Å². The maximum Gasteiger partial charge on any atom is 0.334 e. The highest BCUT2D eigenvalue weighted by Crippen LogP contribution is 2.72. The molecule has 3 heterocycles. The summed E-state index contributed by atoms with van der Waals surface area (Å²) >= 11 is 0. The first-order chi connectivity index (χ1) is 17.1. The molecule has 2 saturated heterocycles. The molecule has 6 rings (SSSR count). The predicted molar refractivity (Wildman–Crippen MR) is 130 cm³/mol. The molecule has 194 valence electrons. The van der Waals surface area contributed by atoms with Crippen molar-refractivity contribution in [2.75, 3.05) is 13.2 Å². The maximum atomic E-state index is 12.3. The van der Waals surface area contributed by atoms with Gasteiger partial charge in [0.25, 0.3) is 0 Å². The Morgan fingerprint density at radius 3 is 2.61 bits per heavy atom. The lowest BCUT2D eigenvalue weighted by Gasteiger charge is -2.61. The lowest BCUT2D eigenvalue weighted by Crippen LogP contribution is -2.72. The first kappa shape index (κ1) is 24.1. The van der Waals surface area contributed by atoms with Gasteiger partial charge in [-0.15, -0.1) is 0 Å². The summed E-state index contributed by atoms with van der Waals surface area (Å²) < 4.78 is 25.7. The minimum atomic E-state index is -0.835. The number of hydrogen-bond donors (Lipinski definition) is 1. The normalized spacial score (nSPS) is 40.8. The number of esters is 1. The number of aliphatic carboxylic acids is 1. The average Bonchev–Trinajstić information content (AvgIpc) is 3.47. The molecule has 1 aromatic rings. The van der Waals surface area contributed by atoms with Crippen LogP contribution in [0.2, 0.25) is 0 Å². The van der Waals surface area contributed by atoms with Gasteiger partial charge in [-0.2, -0.15) is 0 Å². The summed E-state index contributed by atoms with van der Waals surface area (Å²) in [4.78, 5) is 23.3. The molecule has 0 bridgehead atoms. The number of benzene rings is 1. The van der Waals surface area contributed by atoms with Gasteiger partial charge in [-0.1, -0.05) is 45.0 Å². The summed E-state index contributed by atoms with van der Waals surface area (Å²) in [5, 5.41) is 9.05. The number of cyclic esters (lactones) is 1. The van der Waals surface area contributed by atoms with Crippen LogP contribution in [0.1, 0.15) is 58.1 Å². The molecule has 36 heavy (non-hydrogen) atoms. The molecule has 0 aromatic heterocycles. The van der Waals surface area contributed by atoms with Crippen molar-refractivity contribution in [2.24, 2.45) is 23.2 Å². The first-order valence-corrected chi connectivity index (χ1v) is 13.2. The number of hydrogen-bond acceptors (Lipinski definition) is 6. The van der Waals surface area contributed by atoms with E-state index in [1.165, 1.54) is 0 Å². The molecule has 3 aliphatic heterocycles. The second-order valence-corrected chi connectivity index (χ2v) is 12.1. The fraction of sp³-hybridized carbons (Fsp3) is 0.655. The van der Waals surface area contributed by atoms with Crippen molar-refractivity contribution in [1.29, 1.82) is 0 Å². The Morgan fingerprint density at radius 2 is 1.92 bits per heavy atom. The van der Waals surface area contributed by atoms with Crippen molar-refractivity contribution in [2.45, 2.75) is 83.4 Å². The molecule has 7 unspecified atom stereocenters. The second kappa shape index (κ2) is 8.14. The summed E-state index contributed by atoms with van der Waals surface area (Å²) in [7, 11) is 0. The third-order valence-corrected chi connectivity index (χ3v) is 10.0. The Labute approximate surface area is 212 Å². The first-order valence-electron chi connectivity index (χ1n) is 13.2. The third-order valence-electron chi connectivity index (χ3n) is 10.0. The highest BCUT2D eigenvalue weighted by atomic mass is 16.7. The van der Waals surface area contributed by atoms with Crippen molar-refractivity contribution >= 4 is 11.9 Å². The van der Waals surface area contributed by atoms with E-state index in [-0.39, 0.29) is 41.8 Å². The minimum absolute atomic E-state index is 0.0148. The molecule has 1 saturated carbocycles. The van der Waals surface area contributed by atoms with Crippen molar-refractivity contribution in [3.05, 3.63) is 46.5 Å². The van der Waals surface area contributed by atoms with Crippen LogP contribution < -0.4 is 0 Å². The Balaban J connectivity index is 1.29. The van der Waals surface area contributed by atoms with Crippen LogP contribution in [0.4, 0.5) is 0 Å². The van der Waals surface area contributed by atoms with E-state index in [1.54, 1.807) is 0 Å². The number of ether oxygens (including phenoxy) is 4. The molecule has 7 atom stereocenters. The summed E-state index contributed by atoms with van der Waals surface area (Å²) in [6.07, 6.45) is 2.54. The van der Waals surface area contributed by atoms with Crippen LogP contribution in [-0.2, 0) is 41.6 Å². The van der Waals surface area contributed by atoms with Gasteiger partial charge < -0.3 is 24.1 Å². The molecular formula is C29H36O7. The third kappa shape index (κ3) is 3.21. The Morgan fingerprint density at radius 1 is 1.19 bits per heavy atom. The fourth-order valence-corrected chi connectivity index (χ4v) is 8.06. The number of fused-ring (bicyclic) bond motifs is 2. The molecule has 3 fully saturated rings. The standard InChI is InChI=1S/C29H36O7/c1-16(2)20-12-23-29(36-23)27(3)10-9-19-21(14-34-26(19)32)22(27)15-35-28(29,4)25(20)33-13-18-7-5-17(6-8-18)11-24(30)31/h5-8,16,20,22-23,25H,9-15H2,1-4H3,(H,30,31). The van der Waals surface area contributed by atoms with Crippen LogP contribution in [0.25, 0.3) is 0 Å². The molecule has 7 nitrogen and oxygen atoms in total. The summed E-state index contributed by atoms with van der Waals surface area (Å²) in [6, 6.07) is 7.62. The molecule has 1 aromatic carbocycles. The zero-order chi connectivity index (χ0) is 25.5. The maximum absolute atomic E-state index is 12.3. The quantitative estimate of drug-likeness (QED) is 0.469. The lowest BCUT2D eigenvalue weighted by atomic mass is 9.49. The lowest BCUT2D eigenvalue weighted by molar-refractivity contribution is -0.267. The van der Waals surface area contributed by atoms with Gasteiger partial charge in [0.1, 0.15) is 17.8 Å². The van der Waals surface area contributed by atoms with E-state index < -0.39 is 17.2 Å². The van der Waals surface area contributed by atoms with Gasteiger partial charge in [0.15, 0.2) is 0 Å². The number of carbonyl (C=O) groups is 2. The van der Waals surface area contributed by atoms with E-state index >= 15 is 0 Å². The van der Waals surface area contributed by atoms with Gasteiger partial charge >= 0.3 is 11.9 Å². The molecule has 7 heteroatoms. The van der Waals surface area contributed by atoms with Gasteiger partial charge in [-0.05, 0) is 54.7 Å². The Kier molecular flexibility index (Phi) is 5.46. The topological polar surface area (TPSA) is 94.6 Å². The van der Waals surface area contributed by atoms with Crippen molar-refractivity contribution in [1.82, 2.24) is 0 Å². The van der Waals surface area contributed by atoms with Gasteiger partial charge in [0, 0.05) is 16.9 Å². The summed E-state index contributed by atoms with van der Waals surface area (Å²) in [5.74, 6) is -0.188. The Hall–Kier alpha value is -2.22. The Bertz CT molecular complexity index is 1120. The van der Waals surface area contributed by atoms with Crippen molar-refractivity contribution in [3.8, 4) is 0 Å². The highest BCUT2D eigenvalue weighted by molar-refractivity contribution is 5.92. The summed E-state index contributed by atoms with van der Waals surface area (Å²) in [6.45, 7) is 10.3. The van der Waals surface area contributed by atoms with Gasteiger partial charge in [0.2, 0.25) is 0 Å². The van der Waals surface area contributed by atoms with E-state index in [0.29, 0.717) is 25.7 Å².